The van der Waals surface area contributed by atoms with E-state index in [-0.39, 0.29) is 12.5 Å². The van der Waals surface area contributed by atoms with Gasteiger partial charge in [0.1, 0.15) is 29.3 Å². The number of rotatable bonds is 12. The van der Waals surface area contributed by atoms with Crippen molar-refractivity contribution in [3.8, 4) is 0 Å². The lowest BCUT2D eigenvalue weighted by Crippen LogP contribution is -2.59. The van der Waals surface area contributed by atoms with Crippen LogP contribution in [0.5, 0.6) is 0 Å². The Labute approximate surface area is 265 Å². The number of benzene rings is 2. The van der Waals surface area contributed by atoms with Gasteiger partial charge in [0.15, 0.2) is 0 Å². The predicted molar refractivity (Wildman–Crippen MR) is 169 cm³/mol. The zero-order valence-corrected chi connectivity index (χ0v) is 27.0. The quantitative estimate of drug-likeness (QED) is 0.303. The van der Waals surface area contributed by atoms with Crippen molar-refractivity contribution in [2.75, 3.05) is 0 Å². The molecule has 0 heterocycles. The van der Waals surface area contributed by atoms with Crippen LogP contribution in [-0.2, 0) is 35.1 Å². The monoisotopic (exact) mass is 622 g/mol. The van der Waals surface area contributed by atoms with E-state index in [9.17, 15) is 24.0 Å². The summed E-state index contributed by atoms with van der Waals surface area (Å²) in [7, 11) is 0. The highest BCUT2D eigenvalue weighted by atomic mass is 16.6. The normalized spacial score (nSPS) is 15.4. The molecule has 1 aliphatic carbocycles. The van der Waals surface area contributed by atoms with E-state index in [2.05, 4.69) is 10.6 Å². The van der Waals surface area contributed by atoms with E-state index in [0.29, 0.717) is 18.4 Å². The minimum atomic E-state index is -1.39. The van der Waals surface area contributed by atoms with Gasteiger partial charge in [0.25, 0.3) is 0 Å². The van der Waals surface area contributed by atoms with Crippen molar-refractivity contribution in [2.24, 2.45) is 5.73 Å². The van der Waals surface area contributed by atoms with Crippen molar-refractivity contribution >= 4 is 29.8 Å². The van der Waals surface area contributed by atoms with Crippen molar-refractivity contribution in [2.45, 2.75) is 109 Å². The first-order chi connectivity index (χ1) is 21.0. The highest BCUT2D eigenvalue weighted by molar-refractivity contribution is 5.96. The molecule has 244 valence electrons. The fourth-order valence-corrected chi connectivity index (χ4v) is 4.95. The average Bonchev–Trinajstić information content (AvgIpc) is 2.89. The van der Waals surface area contributed by atoms with Gasteiger partial charge in [-0.2, -0.15) is 0 Å². The number of nitrogens with one attached hydrogen (secondary N) is 2. The van der Waals surface area contributed by atoms with Crippen LogP contribution in [0.4, 0.5) is 4.79 Å². The van der Waals surface area contributed by atoms with Crippen molar-refractivity contribution in [1.29, 1.82) is 0 Å². The third-order valence-electron chi connectivity index (χ3n) is 7.05. The van der Waals surface area contributed by atoms with Gasteiger partial charge in [0.05, 0.1) is 6.42 Å². The van der Waals surface area contributed by atoms with Crippen LogP contribution < -0.4 is 16.4 Å². The Balaban J connectivity index is 2.03. The van der Waals surface area contributed by atoms with Crippen molar-refractivity contribution in [1.82, 2.24) is 15.5 Å². The first-order valence-corrected chi connectivity index (χ1v) is 15.3. The SMILES string of the molecule is CC(C)(C)OC(=O)NC(CC(N)=O)C(=O)N(C1CCC1)C(C(=O)NC(Cc1ccccc1)C(=O)OC(C)(C)C)c1ccccc1. The molecule has 2 aromatic carbocycles. The Morgan fingerprint density at radius 2 is 1.38 bits per heavy atom. The number of hydrogen-bond donors (Lipinski definition) is 3. The number of esters is 1. The molecule has 0 spiro atoms. The van der Waals surface area contributed by atoms with Gasteiger partial charge in [-0.3, -0.25) is 14.4 Å². The highest BCUT2D eigenvalue weighted by Gasteiger charge is 2.43. The molecule has 1 saturated carbocycles. The number of nitrogens with zero attached hydrogens (tertiary/aromatic N) is 1. The summed E-state index contributed by atoms with van der Waals surface area (Å²) in [5.74, 6) is -2.70. The Bertz CT molecular complexity index is 1330. The van der Waals surface area contributed by atoms with Gasteiger partial charge >= 0.3 is 12.1 Å². The Kier molecular flexibility index (Phi) is 11.7. The van der Waals surface area contributed by atoms with Crippen LogP contribution in [0.25, 0.3) is 0 Å². The molecule has 0 radical (unpaired) electrons. The van der Waals surface area contributed by atoms with E-state index >= 15 is 0 Å². The van der Waals surface area contributed by atoms with Crippen LogP contribution in [0.2, 0.25) is 0 Å². The van der Waals surface area contributed by atoms with E-state index in [4.69, 9.17) is 15.2 Å². The molecule has 1 aliphatic rings. The van der Waals surface area contributed by atoms with Gasteiger partial charge in [-0.25, -0.2) is 9.59 Å². The molecule has 11 heteroatoms. The van der Waals surface area contributed by atoms with Gasteiger partial charge in [-0.1, -0.05) is 60.7 Å². The molecule has 0 saturated heterocycles. The summed E-state index contributed by atoms with van der Waals surface area (Å²) >= 11 is 0. The number of alkyl carbamates (subject to hydrolysis) is 1. The average molecular weight is 623 g/mol. The lowest BCUT2D eigenvalue weighted by atomic mass is 9.87. The molecule has 3 atom stereocenters. The number of amides is 4. The van der Waals surface area contributed by atoms with E-state index < -0.39 is 65.5 Å². The summed E-state index contributed by atoms with van der Waals surface area (Å²) < 4.78 is 11.0. The zero-order chi connectivity index (χ0) is 33.4. The lowest BCUT2D eigenvalue weighted by molar-refractivity contribution is -0.159. The van der Waals surface area contributed by atoms with Crippen molar-refractivity contribution in [3.05, 3.63) is 71.8 Å². The van der Waals surface area contributed by atoms with Gasteiger partial charge in [0, 0.05) is 12.5 Å². The molecule has 0 aliphatic heterocycles. The molecule has 3 unspecified atom stereocenters. The fraction of sp³-hybridized carbons (Fsp3) is 0.500. The van der Waals surface area contributed by atoms with Crippen molar-refractivity contribution < 1.29 is 33.4 Å². The second kappa shape index (κ2) is 15.0. The molecule has 4 amide bonds. The molecular weight excluding hydrogens is 576 g/mol. The standard InChI is InChI=1S/C34H46N4O7/c1-33(2,3)44-31(42)26(20-22-14-9-7-10-15-22)36-29(40)28(23-16-11-8-12-17-23)38(24-18-13-19-24)30(41)25(21-27(35)39)37-32(43)45-34(4,5)6/h7-12,14-17,24-26,28H,13,18-21H2,1-6H3,(H2,35,39)(H,36,40)(H,37,43). The highest BCUT2D eigenvalue weighted by Crippen LogP contribution is 2.34. The van der Waals surface area contributed by atoms with Crippen LogP contribution in [-0.4, -0.2) is 64.0 Å². The Hall–Kier alpha value is -4.41. The molecule has 45 heavy (non-hydrogen) atoms. The maximum atomic E-state index is 14.3. The minimum Gasteiger partial charge on any atom is -0.458 e. The second-order valence-electron chi connectivity index (χ2n) is 13.3. The van der Waals surface area contributed by atoms with Gasteiger partial charge in [0.2, 0.25) is 17.7 Å². The summed E-state index contributed by atoms with van der Waals surface area (Å²) in [6.07, 6.45) is 0.801. The molecule has 11 nitrogen and oxygen atoms in total. The smallest absolute Gasteiger partial charge is 0.408 e. The summed E-state index contributed by atoms with van der Waals surface area (Å²) in [4.78, 5) is 68.3. The maximum absolute atomic E-state index is 14.3. The maximum Gasteiger partial charge on any atom is 0.408 e. The molecule has 2 aromatic rings. The zero-order valence-electron chi connectivity index (χ0n) is 27.0. The largest absolute Gasteiger partial charge is 0.458 e. The summed E-state index contributed by atoms with van der Waals surface area (Å²) in [6.45, 7) is 10.2. The van der Waals surface area contributed by atoms with Crippen LogP contribution in [0.1, 0.15) is 84.4 Å². The molecule has 0 aromatic heterocycles. The first kappa shape index (κ1) is 35.1. The molecule has 1 fully saturated rings. The van der Waals surface area contributed by atoms with E-state index in [1.54, 1.807) is 71.9 Å². The van der Waals surface area contributed by atoms with Gasteiger partial charge in [-0.15, -0.1) is 0 Å². The van der Waals surface area contributed by atoms with Gasteiger partial charge < -0.3 is 30.7 Å². The molecule has 0 bridgehead atoms. The second-order valence-corrected chi connectivity index (χ2v) is 13.3. The van der Waals surface area contributed by atoms with Crippen LogP contribution in [0, 0.1) is 0 Å². The minimum absolute atomic E-state index is 0.158. The van der Waals surface area contributed by atoms with E-state index in [1.165, 1.54) is 4.90 Å². The number of ether oxygens (including phenoxy) is 2. The third-order valence-corrected chi connectivity index (χ3v) is 7.05. The predicted octanol–water partition coefficient (Wildman–Crippen LogP) is 3.95. The number of primary amides is 1. The first-order valence-electron chi connectivity index (χ1n) is 15.3. The lowest BCUT2D eigenvalue weighted by Gasteiger charge is -2.43. The van der Waals surface area contributed by atoms with E-state index in [0.717, 1.165) is 12.0 Å². The third kappa shape index (κ3) is 10.9. The number of carbonyl (C=O) groups excluding carboxylic acids is 5. The number of nitrogens with two attached hydrogens (primary N) is 1. The summed E-state index contributed by atoms with van der Waals surface area (Å²) in [5, 5.41) is 5.36. The molecule has 4 N–H and O–H groups in total. The Morgan fingerprint density at radius 3 is 1.87 bits per heavy atom. The van der Waals surface area contributed by atoms with Crippen LogP contribution in [0.3, 0.4) is 0 Å². The fourth-order valence-electron chi connectivity index (χ4n) is 4.95. The molecule has 3 rings (SSSR count). The molecular formula is C34H46N4O7. The van der Waals surface area contributed by atoms with Crippen LogP contribution in [0.15, 0.2) is 60.7 Å². The Morgan fingerprint density at radius 1 is 0.822 bits per heavy atom. The summed E-state index contributed by atoms with van der Waals surface area (Å²) in [5.41, 5.74) is 5.13. The number of hydrogen-bond acceptors (Lipinski definition) is 7. The summed E-state index contributed by atoms with van der Waals surface area (Å²) in [6, 6.07) is 13.9. The van der Waals surface area contributed by atoms with Crippen molar-refractivity contribution in [3.63, 3.8) is 0 Å². The van der Waals surface area contributed by atoms with Gasteiger partial charge in [-0.05, 0) is 71.9 Å². The van der Waals surface area contributed by atoms with E-state index in [1.807, 2.05) is 30.3 Å². The van der Waals surface area contributed by atoms with Crippen LogP contribution >= 0.6 is 0 Å². The topological polar surface area (TPSA) is 157 Å². The number of carbonyl (C=O) groups is 5.